The Morgan fingerprint density at radius 1 is 1.28 bits per heavy atom. The molecule has 100 valence electrons. The van der Waals surface area contributed by atoms with E-state index < -0.39 is 5.97 Å². The Morgan fingerprint density at radius 2 is 1.94 bits per heavy atom. The first-order chi connectivity index (χ1) is 8.45. The van der Waals surface area contributed by atoms with Gasteiger partial charge >= 0.3 is 5.97 Å². The number of ketones is 1. The van der Waals surface area contributed by atoms with Gasteiger partial charge in [0, 0.05) is 19.0 Å². The summed E-state index contributed by atoms with van der Waals surface area (Å²) in [5, 5.41) is 2.55. The highest BCUT2D eigenvalue weighted by atomic mass is 16.5. The number of esters is 1. The quantitative estimate of drug-likeness (QED) is 0.400. The van der Waals surface area contributed by atoms with Crippen LogP contribution >= 0.6 is 0 Å². The van der Waals surface area contributed by atoms with Crippen LogP contribution in [0, 0.1) is 0 Å². The monoisotopic (exact) mass is 253 g/mol. The first-order valence-electron chi connectivity index (χ1n) is 5.77. The van der Waals surface area contributed by atoms with Crippen LogP contribution in [0.1, 0.15) is 26.7 Å². The predicted octanol–water partition coefficient (Wildman–Crippen LogP) is 1.15. The van der Waals surface area contributed by atoms with Crippen molar-refractivity contribution in [1.29, 1.82) is 0 Å². The average molecular weight is 253 g/mol. The van der Waals surface area contributed by atoms with Gasteiger partial charge in [0.15, 0.2) is 5.78 Å². The highest BCUT2D eigenvalue weighted by Crippen LogP contribution is 1.94. The molecule has 0 fully saturated rings. The summed E-state index contributed by atoms with van der Waals surface area (Å²) in [6.45, 7) is 7.17. The van der Waals surface area contributed by atoms with Crippen LogP contribution in [0.15, 0.2) is 24.8 Å². The van der Waals surface area contributed by atoms with E-state index in [0.29, 0.717) is 13.0 Å². The molecule has 5 nitrogen and oxygen atoms in total. The van der Waals surface area contributed by atoms with E-state index in [2.05, 4.69) is 11.9 Å². The van der Waals surface area contributed by atoms with Crippen molar-refractivity contribution in [3.05, 3.63) is 24.8 Å². The largest absolute Gasteiger partial charge is 0.460 e. The highest BCUT2D eigenvalue weighted by molar-refractivity contribution is 5.95. The van der Waals surface area contributed by atoms with Crippen LogP contribution in [0.3, 0.4) is 0 Å². The van der Waals surface area contributed by atoms with Crippen LogP contribution in [-0.4, -0.2) is 30.3 Å². The summed E-state index contributed by atoms with van der Waals surface area (Å²) in [5.74, 6) is -0.972. The van der Waals surface area contributed by atoms with Crippen molar-refractivity contribution in [1.82, 2.24) is 5.32 Å². The summed E-state index contributed by atoms with van der Waals surface area (Å²) in [7, 11) is 0. The first kappa shape index (κ1) is 16.1. The molecule has 0 atom stereocenters. The second-order valence-electron chi connectivity index (χ2n) is 3.88. The lowest BCUT2D eigenvalue weighted by Gasteiger charge is -2.03. The summed E-state index contributed by atoms with van der Waals surface area (Å²) in [5.41, 5.74) is 0. The molecule has 0 radical (unpaired) electrons. The van der Waals surface area contributed by atoms with Gasteiger partial charge in [0.25, 0.3) is 0 Å². The minimum atomic E-state index is -0.529. The molecule has 0 saturated heterocycles. The van der Waals surface area contributed by atoms with E-state index >= 15 is 0 Å². The number of rotatable bonds is 8. The van der Waals surface area contributed by atoms with E-state index in [1.165, 1.54) is 12.2 Å². The minimum absolute atomic E-state index is 0.177. The SMILES string of the molecule is C=CC(=O)NCCCC(=O)/C=C/C(=O)OC(C)C. The average Bonchev–Trinajstić information content (AvgIpc) is 2.30. The van der Waals surface area contributed by atoms with Crippen LogP contribution in [0.25, 0.3) is 0 Å². The predicted molar refractivity (Wildman–Crippen MR) is 67.8 cm³/mol. The molecule has 5 heteroatoms. The van der Waals surface area contributed by atoms with Crippen LogP contribution in [0.4, 0.5) is 0 Å². The molecule has 0 spiro atoms. The summed E-state index contributed by atoms with van der Waals surface area (Å²) >= 11 is 0. The molecule has 0 aromatic carbocycles. The topological polar surface area (TPSA) is 72.5 Å². The van der Waals surface area contributed by atoms with Gasteiger partial charge in [0.1, 0.15) is 0 Å². The number of hydrogen-bond acceptors (Lipinski definition) is 4. The molecule has 0 heterocycles. The molecule has 0 saturated carbocycles. The van der Waals surface area contributed by atoms with E-state index in [4.69, 9.17) is 4.74 Å². The zero-order chi connectivity index (χ0) is 14.0. The molecular weight excluding hydrogens is 234 g/mol. The van der Waals surface area contributed by atoms with Crippen molar-refractivity contribution in [3.63, 3.8) is 0 Å². The highest BCUT2D eigenvalue weighted by Gasteiger charge is 2.02. The second kappa shape index (κ2) is 9.15. The zero-order valence-electron chi connectivity index (χ0n) is 10.8. The van der Waals surface area contributed by atoms with Crippen LogP contribution in [0.5, 0.6) is 0 Å². The number of amides is 1. The van der Waals surface area contributed by atoms with Crippen LogP contribution in [0.2, 0.25) is 0 Å². The number of carbonyl (C=O) groups excluding carboxylic acids is 3. The maximum Gasteiger partial charge on any atom is 0.331 e. The van der Waals surface area contributed by atoms with E-state index in [1.807, 2.05) is 0 Å². The van der Waals surface area contributed by atoms with Gasteiger partial charge in [0.2, 0.25) is 5.91 Å². The Labute approximate surface area is 107 Å². The normalized spacial score (nSPS) is 10.4. The number of nitrogens with one attached hydrogen (secondary N) is 1. The maximum atomic E-state index is 11.3. The van der Waals surface area contributed by atoms with Gasteiger partial charge in [-0.05, 0) is 32.4 Å². The fraction of sp³-hybridized carbons (Fsp3) is 0.462. The molecule has 0 rings (SSSR count). The number of allylic oxidation sites excluding steroid dienone is 1. The number of carbonyl (C=O) groups is 3. The molecule has 1 amide bonds. The fourth-order valence-corrected chi connectivity index (χ4v) is 1.06. The van der Waals surface area contributed by atoms with Crippen LogP contribution < -0.4 is 5.32 Å². The molecule has 0 bridgehead atoms. The molecule has 0 aliphatic carbocycles. The van der Waals surface area contributed by atoms with Crippen molar-refractivity contribution >= 4 is 17.7 Å². The van der Waals surface area contributed by atoms with Crippen molar-refractivity contribution in [2.75, 3.05) is 6.54 Å². The Morgan fingerprint density at radius 3 is 2.50 bits per heavy atom. The van der Waals surface area contributed by atoms with Crippen molar-refractivity contribution in [3.8, 4) is 0 Å². The summed E-state index contributed by atoms with van der Waals surface area (Å²) in [6.07, 6.45) is 4.06. The Hall–Kier alpha value is -1.91. The van der Waals surface area contributed by atoms with E-state index in [-0.39, 0.29) is 24.2 Å². The molecule has 1 N–H and O–H groups in total. The third-order valence-corrected chi connectivity index (χ3v) is 1.84. The van der Waals surface area contributed by atoms with Crippen molar-refractivity contribution in [2.24, 2.45) is 0 Å². The molecule has 0 unspecified atom stereocenters. The van der Waals surface area contributed by atoms with Gasteiger partial charge in [-0.15, -0.1) is 0 Å². The zero-order valence-corrected chi connectivity index (χ0v) is 10.8. The standard InChI is InChI=1S/C13H19NO4/c1-4-12(16)14-9-5-6-11(15)7-8-13(17)18-10(2)3/h4,7-8,10H,1,5-6,9H2,2-3H3,(H,14,16)/b8-7+. The number of hydrogen-bond donors (Lipinski definition) is 1. The van der Waals surface area contributed by atoms with Gasteiger partial charge < -0.3 is 10.1 Å². The maximum absolute atomic E-state index is 11.3. The molecular formula is C13H19NO4. The van der Waals surface area contributed by atoms with Gasteiger partial charge in [-0.2, -0.15) is 0 Å². The van der Waals surface area contributed by atoms with Crippen LogP contribution in [-0.2, 0) is 19.1 Å². The van der Waals surface area contributed by atoms with E-state index in [1.54, 1.807) is 13.8 Å². The van der Waals surface area contributed by atoms with Gasteiger partial charge in [-0.1, -0.05) is 6.58 Å². The summed E-state index contributed by atoms with van der Waals surface area (Å²) in [4.78, 5) is 33.2. The number of ether oxygens (including phenoxy) is 1. The van der Waals surface area contributed by atoms with Crippen molar-refractivity contribution < 1.29 is 19.1 Å². The fourth-order valence-electron chi connectivity index (χ4n) is 1.06. The lowest BCUT2D eigenvalue weighted by Crippen LogP contribution is -2.22. The molecule has 0 aliphatic rings. The summed E-state index contributed by atoms with van der Waals surface area (Å²) in [6, 6.07) is 0. The first-order valence-corrected chi connectivity index (χ1v) is 5.77. The summed E-state index contributed by atoms with van der Waals surface area (Å²) < 4.78 is 4.83. The lowest BCUT2D eigenvalue weighted by molar-refractivity contribution is -0.141. The van der Waals surface area contributed by atoms with Gasteiger partial charge in [0.05, 0.1) is 6.10 Å². The third kappa shape index (κ3) is 9.33. The Bertz CT molecular complexity index is 345. The molecule has 0 aromatic heterocycles. The van der Waals surface area contributed by atoms with Gasteiger partial charge in [-0.25, -0.2) is 4.79 Å². The smallest absolute Gasteiger partial charge is 0.331 e. The van der Waals surface area contributed by atoms with Gasteiger partial charge in [-0.3, -0.25) is 9.59 Å². The minimum Gasteiger partial charge on any atom is -0.460 e. The second-order valence-corrected chi connectivity index (χ2v) is 3.88. The lowest BCUT2D eigenvalue weighted by atomic mass is 10.2. The molecule has 18 heavy (non-hydrogen) atoms. The molecule has 0 aromatic rings. The third-order valence-electron chi connectivity index (χ3n) is 1.84. The molecule has 0 aliphatic heterocycles. The Balaban J connectivity index is 3.77. The van der Waals surface area contributed by atoms with Crippen molar-refractivity contribution in [2.45, 2.75) is 32.8 Å². The van der Waals surface area contributed by atoms with E-state index in [9.17, 15) is 14.4 Å². The Kier molecular flexibility index (Phi) is 8.18. The van der Waals surface area contributed by atoms with E-state index in [0.717, 1.165) is 6.08 Å².